The van der Waals surface area contributed by atoms with Gasteiger partial charge in [-0.1, -0.05) is 23.2 Å². The SMILES string of the molecule is O=[N+]([O-])c1cc(Cl)cc(C=Nc2ccc(Oc3ccc(N=Cc4cc(Cl)cc([N+](=O)[O-])c4O)cc3)cc2)c1O. The van der Waals surface area contributed by atoms with Gasteiger partial charge in [0.15, 0.2) is 0 Å². The second kappa shape index (κ2) is 11.6. The van der Waals surface area contributed by atoms with Gasteiger partial charge in [-0.05, 0) is 60.7 Å². The van der Waals surface area contributed by atoms with Crippen LogP contribution in [0.1, 0.15) is 11.1 Å². The summed E-state index contributed by atoms with van der Waals surface area (Å²) in [7, 11) is 0. The second-order valence-electron chi connectivity index (χ2n) is 7.85. The van der Waals surface area contributed by atoms with Crippen molar-refractivity contribution in [2.24, 2.45) is 9.98 Å². The third-order valence-corrected chi connectivity index (χ3v) is 5.61. The molecule has 11 nitrogen and oxygen atoms in total. The highest BCUT2D eigenvalue weighted by atomic mass is 35.5. The molecule has 4 aromatic carbocycles. The van der Waals surface area contributed by atoms with Crippen molar-refractivity contribution in [3.8, 4) is 23.0 Å². The Hall–Kier alpha value is -5.00. The van der Waals surface area contributed by atoms with E-state index < -0.39 is 32.7 Å². The van der Waals surface area contributed by atoms with Gasteiger partial charge in [-0.25, -0.2) is 0 Å². The lowest BCUT2D eigenvalue weighted by Gasteiger charge is -2.06. The molecule has 0 spiro atoms. The van der Waals surface area contributed by atoms with Crippen LogP contribution >= 0.6 is 23.2 Å². The van der Waals surface area contributed by atoms with Crippen LogP contribution in [0.3, 0.4) is 0 Å². The number of nitrogens with zero attached hydrogens (tertiary/aromatic N) is 4. The number of halogens is 2. The third kappa shape index (κ3) is 6.66. The molecule has 0 atom stereocenters. The molecule has 13 heteroatoms. The predicted molar refractivity (Wildman–Crippen MR) is 147 cm³/mol. The molecule has 0 saturated heterocycles. The highest BCUT2D eigenvalue weighted by Crippen LogP contribution is 2.34. The fourth-order valence-corrected chi connectivity index (χ4v) is 3.75. The van der Waals surface area contributed by atoms with Crippen LogP contribution in [0.5, 0.6) is 23.0 Å². The summed E-state index contributed by atoms with van der Waals surface area (Å²) in [5, 5.41) is 42.4. The smallest absolute Gasteiger partial charge is 0.312 e. The number of phenols is 2. The number of benzene rings is 4. The molecule has 0 unspecified atom stereocenters. The zero-order chi connectivity index (χ0) is 28.1. The molecule has 0 radical (unpaired) electrons. The Labute approximate surface area is 230 Å². The number of hydrogen-bond donors (Lipinski definition) is 2. The molecule has 2 N–H and O–H groups in total. The van der Waals surface area contributed by atoms with Crippen LogP contribution in [0.15, 0.2) is 82.8 Å². The van der Waals surface area contributed by atoms with E-state index in [2.05, 4.69) is 9.98 Å². The first-order valence-corrected chi connectivity index (χ1v) is 11.7. The Morgan fingerprint density at radius 3 is 1.36 bits per heavy atom. The van der Waals surface area contributed by atoms with Crippen molar-refractivity contribution < 1.29 is 24.8 Å². The number of aliphatic imine (C=N–C) groups is 2. The molecular weight excluding hydrogens is 551 g/mol. The van der Waals surface area contributed by atoms with Crippen molar-refractivity contribution in [1.82, 2.24) is 0 Å². The maximum Gasteiger partial charge on any atom is 0.312 e. The quantitative estimate of drug-likeness (QED) is 0.126. The van der Waals surface area contributed by atoms with Crippen molar-refractivity contribution in [3.05, 3.63) is 114 Å². The zero-order valence-electron chi connectivity index (χ0n) is 19.6. The summed E-state index contributed by atoms with van der Waals surface area (Å²) in [6, 6.07) is 18.1. The minimum atomic E-state index is -0.734. The molecule has 0 amide bonds. The lowest BCUT2D eigenvalue weighted by Crippen LogP contribution is -1.92. The van der Waals surface area contributed by atoms with E-state index in [1.165, 1.54) is 24.6 Å². The molecule has 0 aliphatic heterocycles. The standard InChI is InChI=1S/C26H16Cl2N4O7/c27-17-9-15(25(33)23(11-17)31(35)36)13-29-19-1-5-21(6-2-19)39-22-7-3-20(4-8-22)30-14-16-10-18(28)12-24(26(16)34)32(37)38/h1-14,33-34H. The minimum Gasteiger partial charge on any atom is -0.502 e. The first kappa shape index (κ1) is 27.0. The van der Waals surface area contributed by atoms with Gasteiger partial charge in [0.2, 0.25) is 11.5 Å². The van der Waals surface area contributed by atoms with E-state index in [0.717, 1.165) is 12.1 Å². The van der Waals surface area contributed by atoms with E-state index in [9.17, 15) is 30.4 Å². The third-order valence-electron chi connectivity index (χ3n) is 5.18. The fraction of sp³-hybridized carbons (Fsp3) is 0. The fourth-order valence-electron chi connectivity index (χ4n) is 3.31. The Bertz CT molecular complexity index is 1500. The van der Waals surface area contributed by atoms with E-state index in [-0.39, 0.29) is 21.2 Å². The monoisotopic (exact) mass is 566 g/mol. The highest BCUT2D eigenvalue weighted by molar-refractivity contribution is 6.31. The Balaban J connectivity index is 1.42. The Morgan fingerprint density at radius 2 is 1.03 bits per heavy atom. The molecule has 0 aliphatic carbocycles. The lowest BCUT2D eigenvalue weighted by atomic mass is 10.2. The Morgan fingerprint density at radius 1 is 0.667 bits per heavy atom. The summed E-state index contributed by atoms with van der Waals surface area (Å²) < 4.78 is 5.80. The first-order chi connectivity index (χ1) is 18.6. The van der Waals surface area contributed by atoms with E-state index in [4.69, 9.17) is 27.9 Å². The molecule has 0 saturated carbocycles. The number of nitro groups is 2. The van der Waals surface area contributed by atoms with Gasteiger partial charge in [-0.15, -0.1) is 0 Å². The maximum atomic E-state index is 11.0. The van der Waals surface area contributed by atoms with E-state index in [1.54, 1.807) is 48.5 Å². The van der Waals surface area contributed by atoms with Crippen LogP contribution in [0.2, 0.25) is 10.0 Å². The number of aromatic hydroxyl groups is 2. The largest absolute Gasteiger partial charge is 0.502 e. The van der Waals surface area contributed by atoms with Crippen LogP contribution in [-0.4, -0.2) is 32.5 Å². The number of hydrogen-bond acceptors (Lipinski definition) is 9. The van der Waals surface area contributed by atoms with Gasteiger partial charge < -0.3 is 14.9 Å². The van der Waals surface area contributed by atoms with E-state index in [0.29, 0.717) is 22.9 Å². The summed E-state index contributed by atoms with van der Waals surface area (Å²) in [5.41, 5.74) is 0.159. The molecule has 4 rings (SSSR count). The van der Waals surface area contributed by atoms with Gasteiger partial charge in [0, 0.05) is 45.7 Å². The summed E-state index contributed by atoms with van der Waals surface area (Å²) in [6.45, 7) is 0. The van der Waals surface area contributed by atoms with Crippen molar-refractivity contribution in [2.45, 2.75) is 0 Å². The van der Waals surface area contributed by atoms with Crippen molar-refractivity contribution in [2.75, 3.05) is 0 Å². The Kier molecular flexibility index (Phi) is 8.04. The van der Waals surface area contributed by atoms with Crippen molar-refractivity contribution >= 4 is 58.4 Å². The predicted octanol–water partition coefficient (Wildman–Crippen LogP) is 7.51. The number of nitro benzene ring substituents is 2. The second-order valence-corrected chi connectivity index (χ2v) is 8.72. The van der Waals surface area contributed by atoms with Crippen LogP contribution in [0, 0.1) is 20.2 Å². The average Bonchev–Trinajstić information content (AvgIpc) is 2.90. The molecule has 0 bridgehead atoms. The summed E-state index contributed by atoms with van der Waals surface area (Å²) >= 11 is 11.8. The first-order valence-electron chi connectivity index (χ1n) is 10.9. The van der Waals surface area contributed by atoms with Crippen LogP contribution in [0.25, 0.3) is 0 Å². The number of rotatable bonds is 8. The van der Waals surface area contributed by atoms with Crippen molar-refractivity contribution in [1.29, 1.82) is 0 Å². The topological polar surface area (TPSA) is 161 Å². The molecule has 0 fully saturated rings. The van der Waals surface area contributed by atoms with Gasteiger partial charge in [0.25, 0.3) is 0 Å². The summed E-state index contributed by atoms with van der Waals surface area (Å²) in [5.74, 6) is -0.0664. The molecule has 0 aromatic heterocycles. The van der Waals surface area contributed by atoms with Crippen LogP contribution in [0.4, 0.5) is 22.7 Å². The van der Waals surface area contributed by atoms with Gasteiger partial charge in [-0.2, -0.15) is 0 Å². The molecule has 4 aromatic rings. The molecule has 196 valence electrons. The maximum absolute atomic E-state index is 11.0. The molecule has 0 heterocycles. The minimum absolute atomic E-state index is 0.0907. The van der Waals surface area contributed by atoms with Crippen LogP contribution in [-0.2, 0) is 0 Å². The number of ether oxygens (including phenoxy) is 1. The molecular formula is C26H16Cl2N4O7. The van der Waals surface area contributed by atoms with Gasteiger partial charge in [0.1, 0.15) is 11.5 Å². The van der Waals surface area contributed by atoms with Crippen molar-refractivity contribution in [3.63, 3.8) is 0 Å². The van der Waals surface area contributed by atoms with E-state index in [1.807, 2.05) is 0 Å². The van der Waals surface area contributed by atoms with Gasteiger partial charge in [0.05, 0.1) is 21.2 Å². The molecule has 39 heavy (non-hydrogen) atoms. The van der Waals surface area contributed by atoms with E-state index >= 15 is 0 Å². The molecule has 0 aliphatic rings. The lowest BCUT2D eigenvalue weighted by molar-refractivity contribution is -0.386. The summed E-state index contributed by atoms with van der Waals surface area (Å²) in [6.07, 6.45) is 2.54. The average molecular weight is 567 g/mol. The van der Waals surface area contributed by atoms with Crippen LogP contribution < -0.4 is 4.74 Å². The normalized spacial score (nSPS) is 11.2. The highest BCUT2D eigenvalue weighted by Gasteiger charge is 2.18. The summed E-state index contributed by atoms with van der Waals surface area (Å²) in [4.78, 5) is 29.0. The zero-order valence-corrected chi connectivity index (χ0v) is 21.1. The van der Waals surface area contributed by atoms with Gasteiger partial charge >= 0.3 is 11.4 Å². The van der Waals surface area contributed by atoms with Gasteiger partial charge in [-0.3, -0.25) is 30.2 Å². The number of phenolic OH excluding ortho intramolecular Hbond substituents is 2.